The van der Waals surface area contributed by atoms with E-state index in [2.05, 4.69) is 36.5 Å². The number of anilines is 1. The van der Waals surface area contributed by atoms with Gasteiger partial charge in [-0.25, -0.2) is 0 Å². The molecular weight excluding hydrogens is 340 g/mol. The van der Waals surface area contributed by atoms with Crippen molar-refractivity contribution in [3.05, 3.63) is 59.7 Å². The monoisotopic (exact) mass is 366 g/mol. The fourth-order valence-electron chi connectivity index (χ4n) is 3.19. The predicted molar refractivity (Wildman–Crippen MR) is 106 cm³/mol. The van der Waals surface area contributed by atoms with Gasteiger partial charge in [0.1, 0.15) is 5.75 Å². The van der Waals surface area contributed by atoms with Crippen molar-refractivity contribution in [1.29, 1.82) is 0 Å². The van der Waals surface area contributed by atoms with Gasteiger partial charge in [0.2, 0.25) is 5.91 Å². The molecule has 1 aliphatic heterocycles. The molecule has 27 heavy (non-hydrogen) atoms. The van der Waals surface area contributed by atoms with E-state index in [0.717, 1.165) is 17.7 Å². The summed E-state index contributed by atoms with van der Waals surface area (Å²) in [5.41, 5.74) is 3.23. The molecule has 2 amide bonds. The van der Waals surface area contributed by atoms with Crippen LogP contribution >= 0.6 is 0 Å². The molecule has 0 radical (unpaired) electrons. The Bertz CT molecular complexity index is 801. The number of carbonyl (C=O) groups excluding carboxylic acids is 2. The van der Waals surface area contributed by atoms with E-state index in [9.17, 15) is 9.59 Å². The van der Waals surface area contributed by atoms with E-state index in [1.807, 2.05) is 24.3 Å². The van der Waals surface area contributed by atoms with Crippen LogP contribution in [-0.4, -0.2) is 31.5 Å². The van der Waals surface area contributed by atoms with Crippen molar-refractivity contribution in [2.45, 2.75) is 38.7 Å². The molecule has 0 saturated carbocycles. The van der Waals surface area contributed by atoms with E-state index in [1.54, 1.807) is 11.9 Å². The Labute approximate surface area is 160 Å². The lowest BCUT2D eigenvalue weighted by Crippen LogP contribution is -2.45. The normalized spacial score (nSPS) is 15.9. The number of carbonyl (C=O) groups is 2. The first kappa shape index (κ1) is 19.0. The van der Waals surface area contributed by atoms with Gasteiger partial charge in [-0.1, -0.05) is 43.3 Å². The minimum absolute atomic E-state index is 0.00780. The van der Waals surface area contributed by atoms with Crippen LogP contribution < -0.4 is 15.0 Å². The predicted octanol–water partition coefficient (Wildman–Crippen LogP) is 3.11. The molecule has 2 aromatic carbocycles. The van der Waals surface area contributed by atoms with Crippen molar-refractivity contribution in [3.8, 4) is 5.75 Å². The van der Waals surface area contributed by atoms with E-state index in [-0.39, 0.29) is 11.8 Å². The second-order valence-corrected chi connectivity index (χ2v) is 6.78. The van der Waals surface area contributed by atoms with Gasteiger partial charge in [0, 0.05) is 26.4 Å². The van der Waals surface area contributed by atoms with Crippen LogP contribution in [0.15, 0.2) is 48.5 Å². The number of benzene rings is 2. The van der Waals surface area contributed by atoms with Crippen molar-refractivity contribution in [1.82, 2.24) is 5.32 Å². The molecule has 1 unspecified atom stereocenters. The molecule has 0 aromatic heterocycles. The lowest BCUT2D eigenvalue weighted by molar-refractivity contribution is -0.127. The molecule has 0 spiro atoms. The number of fused-ring (bicyclic) bond motifs is 1. The first-order chi connectivity index (χ1) is 13.1. The third-order valence-corrected chi connectivity index (χ3v) is 4.90. The van der Waals surface area contributed by atoms with Crippen LogP contribution in [0.4, 0.5) is 5.69 Å². The minimum Gasteiger partial charge on any atom is -0.478 e. The van der Waals surface area contributed by atoms with Crippen LogP contribution in [-0.2, 0) is 22.4 Å². The average Bonchev–Trinajstić information content (AvgIpc) is 2.70. The van der Waals surface area contributed by atoms with Crippen molar-refractivity contribution < 1.29 is 14.3 Å². The maximum atomic E-state index is 12.4. The van der Waals surface area contributed by atoms with Crippen molar-refractivity contribution >= 4 is 17.5 Å². The van der Waals surface area contributed by atoms with Crippen LogP contribution in [0.1, 0.15) is 30.9 Å². The molecule has 1 atom stereocenters. The number of nitrogens with zero attached hydrogens (tertiary/aromatic N) is 1. The van der Waals surface area contributed by atoms with E-state index in [4.69, 9.17) is 4.74 Å². The van der Waals surface area contributed by atoms with Gasteiger partial charge in [0.15, 0.2) is 6.10 Å². The Morgan fingerprint density at radius 3 is 2.56 bits per heavy atom. The smallest absolute Gasteiger partial charge is 0.267 e. The zero-order valence-corrected chi connectivity index (χ0v) is 15.9. The van der Waals surface area contributed by atoms with Gasteiger partial charge in [-0.3, -0.25) is 9.59 Å². The molecule has 0 saturated heterocycles. The molecule has 1 heterocycles. The summed E-state index contributed by atoms with van der Waals surface area (Å²) < 4.78 is 5.81. The Balaban J connectivity index is 1.44. The zero-order chi connectivity index (χ0) is 19.2. The Kier molecular flexibility index (Phi) is 6.12. The summed E-state index contributed by atoms with van der Waals surface area (Å²) >= 11 is 0. The van der Waals surface area contributed by atoms with Gasteiger partial charge < -0.3 is 15.0 Å². The summed E-state index contributed by atoms with van der Waals surface area (Å²) in [6.45, 7) is 2.54. The van der Waals surface area contributed by atoms with Crippen molar-refractivity contribution in [2.75, 3.05) is 18.5 Å². The van der Waals surface area contributed by atoms with E-state index >= 15 is 0 Å². The number of aryl methyl sites for hydroxylation is 2. The summed E-state index contributed by atoms with van der Waals surface area (Å²) in [5.74, 6) is 0.608. The van der Waals surface area contributed by atoms with Crippen LogP contribution in [0.5, 0.6) is 5.75 Å². The number of hydrogen-bond donors (Lipinski definition) is 1. The molecule has 2 aromatic rings. The van der Waals surface area contributed by atoms with Gasteiger partial charge in [0.05, 0.1) is 5.69 Å². The summed E-state index contributed by atoms with van der Waals surface area (Å²) in [4.78, 5) is 26.1. The molecular formula is C22H26N2O3. The van der Waals surface area contributed by atoms with Gasteiger partial charge in [-0.15, -0.1) is 0 Å². The van der Waals surface area contributed by atoms with Gasteiger partial charge in [-0.05, 0) is 36.1 Å². The van der Waals surface area contributed by atoms with Gasteiger partial charge in [0.25, 0.3) is 5.91 Å². The number of amides is 2. The van der Waals surface area contributed by atoms with Crippen LogP contribution in [0.25, 0.3) is 0 Å². The standard InChI is InChI=1S/C22H26N2O3/c1-3-16-8-10-17(11-9-16)12-13-21(25)23-15-14-20-22(26)24(2)18-6-4-5-7-19(18)27-20/h4-11,20H,3,12-15H2,1-2H3,(H,23,25). The average molecular weight is 366 g/mol. The molecule has 142 valence electrons. The van der Waals surface area contributed by atoms with Crippen molar-refractivity contribution in [2.24, 2.45) is 0 Å². The highest BCUT2D eigenvalue weighted by atomic mass is 16.5. The Hall–Kier alpha value is -2.82. The third kappa shape index (κ3) is 4.67. The van der Waals surface area contributed by atoms with E-state index in [0.29, 0.717) is 31.6 Å². The Morgan fingerprint density at radius 2 is 1.81 bits per heavy atom. The molecule has 1 aliphatic rings. The maximum absolute atomic E-state index is 12.4. The molecule has 0 aliphatic carbocycles. The second-order valence-electron chi connectivity index (χ2n) is 6.78. The first-order valence-electron chi connectivity index (χ1n) is 9.46. The highest BCUT2D eigenvalue weighted by Crippen LogP contribution is 2.33. The van der Waals surface area contributed by atoms with Gasteiger partial charge in [-0.2, -0.15) is 0 Å². The molecule has 0 bridgehead atoms. The molecule has 1 N–H and O–H groups in total. The largest absolute Gasteiger partial charge is 0.478 e. The summed E-state index contributed by atoms with van der Waals surface area (Å²) in [5, 5.41) is 2.89. The summed E-state index contributed by atoms with van der Waals surface area (Å²) in [6, 6.07) is 15.8. The maximum Gasteiger partial charge on any atom is 0.267 e. The fraction of sp³-hybridized carbons (Fsp3) is 0.364. The number of ether oxygens (including phenoxy) is 1. The Morgan fingerprint density at radius 1 is 1.11 bits per heavy atom. The van der Waals surface area contributed by atoms with Crippen LogP contribution in [0, 0.1) is 0 Å². The molecule has 5 heteroatoms. The minimum atomic E-state index is -0.563. The number of para-hydroxylation sites is 2. The molecule has 0 fully saturated rings. The van der Waals surface area contributed by atoms with Crippen LogP contribution in [0.2, 0.25) is 0 Å². The first-order valence-corrected chi connectivity index (χ1v) is 9.46. The second kappa shape index (κ2) is 8.71. The number of nitrogens with one attached hydrogen (secondary N) is 1. The third-order valence-electron chi connectivity index (χ3n) is 4.90. The topological polar surface area (TPSA) is 58.6 Å². The lowest BCUT2D eigenvalue weighted by atomic mass is 10.1. The molecule has 5 nitrogen and oxygen atoms in total. The lowest BCUT2D eigenvalue weighted by Gasteiger charge is -2.31. The highest BCUT2D eigenvalue weighted by Gasteiger charge is 2.31. The van der Waals surface area contributed by atoms with E-state index in [1.165, 1.54) is 5.56 Å². The van der Waals surface area contributed by atoms with E-state index < -0.39 is 6.10 Å². The fourth-order valence-corrected chi connectivity index (χ4v) is 3.19. The summed E-state index contributed by atoms with van der Waals surface area (Å²) in [6.07, 6.45) is 2.06. The van der Waals surface area contributed by atoms with Crippen LogP contribution in [0.3, 0.4) is 0 Å². The number of rotatable bonds is 7. The van der Waals surface area contributed by atoms with Crippen molar-refractivity contribution in [3.63, 3.8) is 0 Å². The number of hydrogen-bond acceptors (Lipinski definition) is 3. The zero-order valence-electron chi connectivity index (χ0n) is 15.9. The van der Waals surface area contributed by atoms with Gasteiger partial charge >= 0.3 is 0 Å². The number of likely N-dealkylation sites (N-methyl/N-ethyl adjacent to an activating group) is 1. The quantitative estimate of drug-likeness (QED) is 0.819. The molecule has 3 rings (SSSR count). The highest BCUT2D eigenvalue weighted by molar-refractivity contribution is 5.99. The SMILES string of the molecule is CCc1ccc(CCC(=O)NCCC2Oc3ccccc3N(C)C2=O)cc1. The summed E-state index contributed by atoms with van der Waals surface area (Å²) in [7, 11) is 1.75.